The first-order chi connectivity index (χ1) is 12.4. The van der Waals surface area contributed by atoms with Crippen molar-refractivity contribution >= 4 is 22.7 Å². The Morgan fingerprint density at radius 1 is 0.923 bits per heavy atom. The Hall–Kier alpha value is -2.44. The topological polar surface area (TPSA) is 81.1 Å². The number of rotatable bonds is 3. The summed E-state index contributed by atoms with van der Waals surface area (Å²) >= 11 is 0. The second-order valence-corrected chi connectivity index (χ2v) is 6.70. The van der Waals surface area contributed by atoms with Crippen molar-refractivity contribution in [3.63, 3.8) is 0 Å². The average molecular weight is 358 g/mol. The first-order valence-corrected chi connectivity index (χ1v) is 8.77. The van der Waals surface area contributed by atoms with Crippen LogP contribution in [0.4, 0.5) is 0 Å². The van der Waals surface area contributed by atoms with E-state index in [0.29, 0.717) is 6.04 Å². The summed E-state index contributed by atoms with van der Waals surface area (Å²) in [5, 5.41) is 17.5. The summed E-state index contributed by atoms with van der Waals surface area (Å²) in [5.74, 6) is -3.65. The molecule has 0 saturated carbocycles. The van der Waals surface area contributed by atoms with Crippen molar-refractivity contribution < 1.29 is 19.8 Å². The third-order valence-electron chi connectivity index (χ3n) is 4.54. The lowest BCUT2D eigenvalue weighted by Gasteiger charge is -2.37. The predicted octanol–water partition coefficient (Wildman–Crippen LogP) is 2.52. The fraction of sp³-hybridized carbons (Fsp3) is 0.400. The van der Waals surface area contributed by atoms with Gasteiger partial charge in [-0.1, -0.05) is 36.4 Å². The Bertz CT molecular complexity index is 740. The van der Waals surface area contributed by atoms with Crippen molar-refractivity contribution in [2.45, 2.75) is 26.4 Å². The second-order valence-electron chi connectivity index (χ2n) is 6.70. The number of benzene rings is 2. The molecule has 0 radical (unpaired) electrons. The maximum Gasteiger partial charge on any atom is 0.414 e. The molecule has 1 aliphatic rings. The van der Waals surface area contributed by atoms with E-state index in [-0.39, 0.29) is 0 Å². The summed E-state index contributed by atoms with van der Waals surface area (Å²) in [4.78, 5) is 23.3. The van der Waals surface area contributed by atoms with E-state index in [9.17, 15) is 0 Å². The van der Waals surface area contributed by atoms with Crippen molar-refractivity contribution in [2.75, 3.05) is 26.2 Å². The Morgan fingerprint density at radius 2 is 1.50 bits per heavy atom. The summed E-state index contributed by atoms with van der Waals surface area (Å²) in [6.45, 7) is 10.4. The smallest absolute Gasteiger partial charge is 0.414 e. The van der Waals surface area contributed by atoms with E-state index in [2.05, 4.69) is 66.1 Å². The lowest BCUT2D eigenvalue weighted by Crippen LogP contribution is -2.48. The summed E-state index contributed by atoms with van der Waals surface area (Å²) < 4.78 is 0. The average Bonchev–Trinajstić information content (AvgIpc) is 2.62. The Labute approximate surface area is 153 Å². The number of piperazine rings is 1. The number of aliphatic carboxylic acids is 2. The fourth-order valence-electron chi connectivity index (χ4n) is 3.03. The number of carboxylic acids is 2. The standard InChI is InChI=1S/C18H24N2.C2H2O4/c1-15(2)20-11-9-19(10-12-20)14-16-7-8-17-5-3-4-6-18(17)13-16;3-1(4)2(5)6/h3-8,13,15H,9-12,14H2,1-2H3;(H,3,4)(H,5,6). The van der Waals surface area contributed by atoms with Gasteiger partial charge < -0.3 is 10.2 Å². The molecule has 0 spiro atoms. The van der Waals surface area contributed by atoms with Gasteiger partial charge in [-0.3, -0.25) is 9.80 Å². The third kappa shape index (κ3) is 5.82. The molecule has 2 aromatic carbocycles. The van der Waals surface area contributed by atoms with Crippen LogP contribution in [0, 0.1) is 0 Å². The van der Waals surface area contributed by atoms with Gasteiger partial charge in [0.1, 0.15) is 0 Å². The molecule has 3 rings (SSSR count). The number of hydrogen-bond donors (Lipinski definition) is 2. The molecule has 2 aromatic rings. The molecule has 1 saturated heterocycles. The van der Waals surface area contributed by atoms with Crippen molar-refractivity contribution in [1.29, 1.82) is 0 Å². The molecule has 0 atom stereocenters. The van der Waals surface area contributed by atoms with Gasteiger partial charge >= 0.3 is 11.9 Å². The molecule has 2 N–H and O–H groups in total. The predicted molar refractivity (Wildman–Crippen MR) is 101 cm³/mol. The van der Waals surface area contributed by atoms with E-state index in [1.165, 1.54) is 42.5 Å². The summed E-state index contributed by atoms with van der Waals surface area (Å²) in [7, 11) is 0. The SMILES string of the molecule is CC(C)N1CCN(Cc2ccc3ccccc3c2)CC1.O=C(O)C(=O)O. The minimum atomic E-state index is -1.82. The number of hydrogen-bond acceptors (Lipinski definition) is 4. The van der Waals surface area contributed by atoms with E-state index in [0.717, 1.165) is 6.54 Å². The number of nitrogens with zero attached hydrogens (tertiary/aromatic N) is 2. The largest absolute Gasteiger partial charge is 0.473 e. The molecule has 1 fully saturated rings. The van der Waals surface area contributed by atoms with Crippen LogP contribution in [0.3, 0.4) is 0 Å². The van der Waals surface area contributed by atoms with Crippen LogP contribution in [0.25, 0.3) is 10.8 Å². The zero-order valence-corrected chi connectivity index (χ0v) is 15.3. The monoisotopic (exact) mass is 358 g/mol. The van der Waals surface area contributed by atoms with E-state index in [1.807, 2.05) is 0 Å². The van der Waals surface area contributed by atoms with Crippen LogP contribution in [0.2, 0.25) is 0 Å². The lowest BCUT2D eigenvalue weighted by molar-refractivity contribution is -0.159. The Morgan fingerprint density at radius 3 is 2.04 bits per heavy atom. The van der Waals surface area contributed by atoms with Crippen molar-refractivity contribution in [3.8, 4) is 0 Å². The highest BCUT2D eigenvalue weighted by atomic mass is 16.4. The molecule has 6 nitrogen and oxygen atoms in total. The maximum atomic E-state index is 9.10. The molecular formula is C20H26N2O4. The maximum absolute atomic E-state index is 9.10. The normalized spacial score (nSPS) is 15.5. The first-order valence-electron chi connectivity index (χ1n) is 8.77. The van der Waals surface area contributed by atoms with Gasteiger partial charge in [0, 0.05) is 38.8 Å². The second kappa shape index (κ2) is 9.31. The molecule has 26 heavy (non-hydrogen) atoms. The fourth-order valence-corrected chi connectivity index (χ4v) is 3.03. The van der Waals surface area contributed by atoms with Crippen LogP contribution < -0.4 is 0 Å². The number of carbonyl (C=O) groups is 2. The van der Waals surface area contributed by atoms with Crippen LogP contribution in [0.15, 0.2) is 42.5 Å². The summed E-state index contributed by atoms with van der Waals surface area (Å²) in [6, 6.07) is 16.1. The van der Waals surface area contributed by atoms with E-state index >= 15 is 0 Å². The van der Waals surface area contributed by atoms with Gasteiger partial charge in [-0.25, -0.2) is 9.59 Å². The van der Waals surface area contributed by atoms with Crippen LogP contribution in [-0.2, 0) is 16.1 Å². The van der Waals surface area contributed by atoms with Crippen molar-refractivity contribution in [2.24, 2.45) is 0 Å². The Kier molecular flexibility index (Phi) is 7.12. The molecule has 0 aromatic heterocycles. The molecule has 0 amide bonds. The van der Waals surface area contributed by atoms with E-state index in [4.69, 9.17) is 19.8 Å². The molecule has 140 valence electrons. The molecule has 0 aliphatic carbocycles. The van der Waals surface area contributed by atoms with Gasteiger partial charge in [-0.2, -0.15) is 0 Å². The van der Waals surface area contributed by atoms with E-state index < -0.39 is 11.9 Å². The van der Waals surface area contributed by atoms with Crippen molar-refractivity contribution in [1.82, 2.24) is 9.80 Å². The minimum Gasteiger partial charge on any atom is -0.473 e. The van der Waals surface area contributed by atoms with Crippen LogP contribution in [-0.4, -0.2) is 64.2 Å². The molecule has 1 heterocycles. The molecule has 6 heteroatoms. The molecule has 0 bridgehead atoms. The third-order valence-corrected chi connectivity index (χ3v) is 4.54. The Balaban J connectivity index is 0.000000352. The van der Waals surface area contributed by atoms with Gasteiger partial charge in [0.2, 0.25) is 0 Å². The van der Waals surface area contributed by atoms with Gasteiger partial charge in [-0.05, 0) is 36.2 Å². The van der Waals surface area contributed by atoms with Gasteiger partial charge in [-0.15, -0.1) is 0 Å². The van der Waals surface area contributed by atoms with Crippen LogP contribution in [0.1, 0.15) is 19.4 Å². The van der Waals surface area contributed by atoms with Gasteiger partial charge in [0.25, 0.3) is 0 Å². The molecule has 0 unspecified atom stereocenters. The number of fused-ring (bicyclic) bond motifs is 1. The van der Waals surface area contributed by atoms with Crippen molar-refractivity contribution in [3.05, 3.63) is 48.0 Å². The zero-order chi connectivity index (χ0) is 19.1. The summed E-state index contributed by atoms with van der Waals surface area (Å²) in [6.07, 6.45) is 0. The van der Waals surface area contributed by atoms with Crippen LogP contribution in [0.5, 0.6) is 0 Å². The first kappa shape index (κ1) is 19.9. The zero-order valence-electron chi connectivity index (χ0n) is 15.3. The minimum absolute atomic E-state index is 0.679. The van der Waals surface area contributed by atoms with Gasteiger partial charge in [0.15, 0.2) is 0 Å². The van der Waals surface area contributed by atoms with Gasteiger partial charge in [0.05, 0.1) is 0 Å². The lowest BCUT2D eigenvalue weighted by atomic mass is 10.1. The summed E-state index contributed by atoms with van der Waals surface area (Å²) in [5.41, 5.74) is 1.43. The highest BCUT2D eigenvalue weighted by Crippen LogP contribution is 2.17. The quantitative estimate of drug-likeness (QED) is 0.821. The molecular weight excluding hydrogens is 332 g/mol. The highest BCUT2D eigenvalue weighted by molar-refractivity contribution is 6.27. The van der Waals surface area contributed by atoms with E-state index in [1.54, 1.807) is 0 Å². The molecule has 1 aliphatic heterocycles. The van der Waals surface area contributed by atoms with Crippen LogP contribution >= 0.6 is 0 Å². The number of carboxylic acid groups (broad SMARTS) is 2. The highest BCUT2D eigenvalue weighted by Gasteiger charge is 2.18.